The average molecular weight is 363 g/mol. The third kappa shape index (κ3) is 6.77. The molecule has 0 aliphatic rings. The third-order valence-electron chi connectivity index (χ3n) is 3.88. The number of carbonyl (C=O) groups excluding carboxylic acids is 1. The molecule has 0 heterocycles. The Morgan fingerprint density at radius 3 is 2.44 bits per heavy atom. The largest absolute Gasteiger partial charge is 0.486 e. The fourth-order valence-corrected chi connectivity index (χ4v) is 2.42. The number of benzene rings is 2. The van der Waals surface area contributed by atoms with Crippen LogP contribution < -0.4 is 15.8 Å². The zero-order valence-electron chi connectivity index (χ0n) is 15.0. The van der Waals surface area contributed by atoms with Gasteiger partial charge in [-0.15, -0.1) is 12.4 Å². The van der Waals surface area contributed by atoms with Gasteiger partial charge in [0.15, 0.2) is 0 Å². The van der Waals surface area contributed by atoms with Crippen molar-refractivity contribution in [1.29, 1.82) is 0 Å². The van der Waals surface area contributed by atoms with E-state index in [1.165, 1.54) is 0 Å². The zero-order valence-corrected chi connectivity index (χ0v) is 15.8. The molecule has 0 aliphatic carbocycles. The number of anilines is 1. The average Bonchev–Trinajstić information content (AvgIpc) is 2.56. The van der Waals surface area contributed by atoms with E-state index in [1.807, 2.05) is 69.3 Å². The highest BCUT2D eigenvalue weighted by Gasteiger charge is 2.10. The second-order valence-corrected chi connectivity index (χ2v) is 6.21. The molecule has 0 bridgehead atoms. The molecule has 5 heteroatoms. The quantitative estimate of drug-likeness (QED) is 0.755. The van der Waals surface area contributed by atoms with Crippen LogP contribution in [-0.2, 0) is 4.79 Å². The van der Waals surface area contributed by atoms with E-state index in [-0.39, 0.29) is 30.5 Å². The number of amides is 1. The maximum atomic E-state index is 11.9. The Balaban J connectivity index is 0.00000312. The first-order valence-corrected chi connectivity index (χ1v) is 8.33. The third-order valence-corrected chi connectivity index (χ3v) is 3.88. The summed E-state index contributed by atoms with van der Waals surface area (Å²) in [5.41, 5.74) is 8.59. The van der Waals surface area contributed by atoms with Gasteiger partial charge in [0, 0.05) is 18.2 Å². The van der Waals surface area contributed by atoms with Crippen LogP contribution in [0.15, 0.2) is 48.5 Å². The van der Waals surface area contributed by atoms with E-state index in [0.717, 1.165) is 22.6 Å². The standard InChI is InChI=1S/C20H26N2O2.ClH/c1-14-13-18(24-16(3)17-7-5-4-6-8-17)10-11-19(14)22-20(23)12-9-15(2)21;/h4-8,10-11,13,15-16H,9,12,21H2,1-3H3,(H,22,23);1H. The molecule has 0 saturated heterocycles. The highest BCUT2D eigenvalue weighted by Crippen LogP contribution is 2.26. The fraction of sp³-hybridized carbons (Fsp3) is 0.350. The predicted molar refractivity (Wildman–Crippen MR) is 105 cm³/mol. The van der Waals surface area contributed by atoms with Crippen molar-refractivity contribution in [2.24, 2.45) is 5.73 Å². The van der Waals surface area contributed by atoms with Crippen molar-refractivity contribution < 1.29 is 9.53 Å². The normalized spacial score (nSPS) is 12.6. The van der Waals surface area contributed by atoms with E-state index in [4.69, 9.17) is 10.5 Å². The van der Waals surface area contributed by atoms with Crippen LogP contribution in [0.2, 0.25) is 0 Å². The summed E-state index contributed by atoms with van der Waals surface area (Å²) < 4.78 is 5.99. The number of halogens is 1. The van der Waals surface area contributed by atoms with E-state index in [2.05, 4.69) is 5.32 Å². The van der Waals surface area contributed by atoms with E-state index in [1.54, 1.807) is 0 Å². The Kier molecular flexibility index (Phi) is 8.46. The molecule has 25 heavy (non-hydrogen) atoms. The first kappa shape index (κ1) is 21.0. The van der Waals surface area contributed by atoms with Crippen LogP contribution in [0, 0.1) is 6.92 Å². The second-order valence-electron chi connectivity index (χ2n) is 6.21. The lowest BCUT2D eigenvalue weighted by molar-refractivity contribution is -0.116. The molecular formula is C20H27ClN2O2. The lowest BCUT2D eigenvalue weighted by Gasteiger charge is -2.17. The number of nitrogens with two attached hydrogens (primary N) is 1. The molecular weight excluding hydrogens is 336 g/mol. The SMILES string of the molecule is Cc1cc(OC(C)c2ccccc2)ccc1NC(=O)CCC(C)N.Cl. The van der Waals surface area contributed by atoms with Crippen molar-refractivity contribution in [2.45, 2.75) is 45.8 Å². The maximum absolute atomic E-state index is 11.9. The van der Waals surface area contributed by atoms with Gasteiger partial charge in [-0.1, -0.05) is 30.3 Å². The van der Waals surface area contributed by atoms with E-state index in [0.29, 0.717) is 12.8 Å². The van der Waals surface area contributed by atoms with Crippen LogP contribution in [-0.4, -0.2) is 11.9 Å². The molecule has 0 fully saturated rings. The number of carbonyl (C=O) groups is 1. The Hall–Kier alpha value is -2.04. The molecule has 2 unspecified atom stereocenters. The van der Waals surface area contributed by atoms with Gasteiger partial charge in [0.05, 0.1) is 0 Å². The molecule has 0 saturated carbocycles. The summed E-state index contributed by atoms with van der Waals surface area (Å²) in [5.74, 6) is 0.777. The molecule has 2 aromatic carbocycles. The van der Waals surface area contributed by atoms with Gasteiger partial charge in [0.2, 0.25) is 5.91 Å². The van der Waals surface area contributed by atoms with Crippen molar-refractivity contribution in [3.05, 3.63) is 59.7 Å². The summed E-state index contributed by atoms with van der Waals surface area (Å²) in [6.45, 7) is 5.88. The minimum absolute atomic E-state index is 0. The van der Waals surface area contributed by atoms with Gasteiger partial charge in [0.1, 0.15) is 11.9 Å². The van der Waals surface area contributed by atoms with Gasteiger partial charge in [-0.3, -0.25) is 4.79 Å². The molecule has 0 spiro atoms. The van der Waals surface area contributed by atoms with Gasteiger partial charge in [-0.25, -0.2) is 0 Å². The van der Waals surface area contributed by atoms with Crippen LogP contribution >= 0.6 is 12.4 Å². The monoisotopic (exact) mass is 362 g/mol. The minimum Gasteiger partial charge on any atom is -0.486 e. The number of aryl methyl sites for hydroxylation is 1. The van der Waals surface area contributed by atoms with Crippen molar-refractivity contribution in [3.8, 4) is 5.75 Å². The topological polar surface area (TPSA) is 64.3 Å². The Morgan fingerprint density at radius 2 is 1.84 bits per heavy atom. The smallest absolute Gasteiger partial charge is 0.224 e. The summed E-state index contributed by atoms with van der Waals surface area (Å²) in [7, 11) is 0. The van der Waals surface area contributed by atoms with E-state index < -0.39 is 0 Å². The van der Waals surface area contributed by atoms with Crippen molar-refractivity contribution in [1.82, 2.24) is 0 Å². The molecule has 2 rings (SSSR count). The first-order chi connectivity index (χ1) is 11.5. The molecule has 0 radical (unpaired) electrons. The summed E-state index contributed by atoms with van der Waals surface area (Å²) in [6, 6.07) is 15.8. The van der Waals surface area contributed by atoms with Gasteiger partial charge in [0.25, 0.3) is 0 Å². The number of hydrogen-bond acceptors (Lipinski definition) is 3. The van der Waals surface area contributed by atoms with Crippen LogP contribution in [0.1, 0.15) is 43.9 Å². The van der Waals surface area contributed by atoms with Crippen molar-refractivity contribution in [3.63, 3.8) is 0 Å². The first-order valence-electron chi connectivity index (χ1n) is 8.33. The zero-order chi connectivity index (χ0) is 17.5. The maximum Gasteiger partial charge on any atom is 0.224 e. The van der Waals surface area contributed by atoms with Crippen LogP contribution in [0.4, 0.5) is 5.69 Å². The summed E-state index contributed by atoms with van der Waals surface area (Å²) in [6.07, 6.45) is 1.08. The molecule has 1 amide bonds. The molecule has 2 aromatic rings. The van der Waals surface area contributed by atoms with Crippen molar-refractivity contribution in [2.75, 3.05) is 5.32 Å². The lowest BCUT2D eigenvalue weighted by Crippen LogP contribution is -2.19. The number of hydrogen-bond donors (Lipinski definition) is 2. The highest BCUT2D eigenvalue weighted by atomic mass is 35.5. The number of rotatable bonds is 7. The van der Waals surface area contributed by atoms with Crippen molar-refractivity contribution >= 4 is 24.0 Å². The van der Waals surface area contributed by atoms with Crippen LogP contribution in [0.3, 0.4) is 0 Å². The van der Waals surface area contributed by atoms with Gasteiger partial charge >= 0.3 is 0 Å². The van der Waals surface area contributed by atoms with E-state index in [9.17, 15) is 4.79 Å². The van der Waals surface area contributed by atoms with Gasteiger partial charge in [-0.2, -0.15) is 0 Å². The molecule has 0 aromatic heterocycles. The predicted octanol–water partition coefficient (Wildman–Crippen LogP) is 4.62. The Morgan fingerprint density at radius 1 is 1.16 bits per heavy atom. The molecule has 3 N–H and O–H groups in total. The molecule has 2 atom stereocenters. The molecule has 4 nitrogen and oxygen atoms in total. The molecule has 0 aliphatic heterocycles. The van der Waals surface area contributed by atoms with Crippen LogP contribution in [0.5, 0.6) is 5.75 Å². The minimum atomic E-state index is -0.0305. The van der Waals surface area contributed by atoms with Gasteiger partial charge in [-0.05, 0) is 56.5 Å². The number of nitrogens with one attached hydrogen (secondary N) is 1. The Bertz CT molecular complexity index is 675. The summed E-state index contributed by atoms with van der Waals surface area (Å²) in [4.78, 5) is 11.9. The summed E-state index contributed by atoms with van der Waals surface area (Å²) in [5, 5.41) is 2.93. The van der Waals surface area contributed by atoms with Crippen LogP contribution in [0.25, 0.3) is 0 Å². The second kappa shape index (κ2) is 10.1. The lowest BCUT2D eigenvalue weighted by atomic mass is 10.1. The number of ether oxygens (including phenoxy) is 1. The summed E-state index contributed by atoms with van der Waals surface area (Å²) >= 11 is 0. The fourth-order valence-electron chi connectivity index (χ4n) is 2.42. The van der Waals surface area contributed by atoms with Gasteiger partial charge < -0.3 is 15.8 Å². The Labute approximate surface area is 156 Å². The van der Waals surface area contributed by atoms with E-state index >= 15 is 0 Å². The molecule has 136 valence electrons. The highest BCUT2D eigenvalue weighted by molar-refractivity contribution is 5.91.